The molecule has 2 saturated carbocycles. The van der Waals surface area contributed by atoms with Gasteiger partial charge in [0.15, 0.2) is 0 Å². The number of rotatable bonds is 0. The highest BCUT2D eigenvalue weighted by Crippen LogP contribution is 2.44. The Labute approximate surface area is 80.9 Å². The number of hydrogen-bond donors (Lipinski definition) is 0. The van der Waals surface area contributed by atoms with Crippen LogP contribution in [0.2, 0.25) is 0 Å². The summed E-state index contributed by atoms with van der Waals surface area (Å²) in [7, 11) is 0. The van der Waals surface area contributed by atoms with Crippen LogP contribution in [0.3, 0.4) is 0 Å². The molecule has 0 aromatic rings. The second-order valence-corrected chi connectivity index (χ2v) is 4.82. The van der Waals surface area contributed by atoms with Crippen LogP contribution in [-0.2, 0) is 4.79 Å². The molecule has 1 heteroatoms. The monoisotopic (exact) mass is 180 g/mol. The van der Waals surface area contributed by atoms with Crippen molar-refractivity contribution in [3.05, 3.63) is 0 Å². The van der Waals surface area contributed by atoms with E-state index in [1.807, 2.05) is 0 Å². The molecule has 0 aliphatic heterocycles. The molecular weight excluding hydrogens is 160 g/mol. The van der Waals surface area contributed by atoms with Crippen molar-refractivity contribution in [2.45, 2.75) is 64.2 Å². The second kappa shape index (κ2) is 3.81. The summed E-state index contributed by atoms with van der Waals surface area (Å²) in [6.07, 6.45) is 12.2. The van der Waals surface area contributed by atoms with Crippen molar-refractivity contribution < 1.29 is 4.79 Å². The standard InChI is InChI=1S/C12H20O/c13-11-7-3-1-4-8-12(11)9-5-2-6-10-12/h1-10H2. The van der Waals surface area contributed by atoms with Crippen LogP contribution in [0, 0.1) is 5.41 Å². The van der Waals surface area contributed by atoms with Gasteiger partial charge >= 0.3 is 0 Å². The first-order chi connectivity index (χ1) is 6.33. The Morgan fingerprint density at radius 3 is 1.92 bits per heavy atom. The predicted octanol–water partition coefficient (Wildman–Crippen LogP) is 3.47. The maximum Gasteiger partial charge on any atom is 0.139 e. The average molecular weight is 180 g/mol. The Kier molecular flexibility index (Phi) is 2.71. The first-order valence-corrected chi connectivity index (χ1v) is 5.87. The molecule has 2 fully saturated rings. The van der Waals surface area contributed by atoms with Crippen molar-refractivity contribution in [2.75, 3.05) is 0 Å². The molecule has 0 unspecified atom stereocenters. The van der Waals surface area contributed by atoms with Gasteiger partial charge in [0.25, 0.3) is 0 Å². The summed E-state index contributed by atoms with van der Waals surface area (Å²) in [5, 5.41) is 0. The van der Waals surface area contributed by atoms with Gasteiger partial charge in [-0.1, -0.05) is 32.1 Å². The van der Waals surface area contributed by atoms with Crippen LogP contribution in [0.4, 0.5) is 0 Å². The highest BCUT2D eigenvalue weighted by atomic mass is 16.1. The molecule has 0 atom stereocenters. The second-order valence-electron chi connectivity index (χ2n) is 4.82. The SMILES string of the molecule is O=C1CCCCCC12CCCCC2. The number of Topliss-reactive ketones (excluding diaryl/α,β-unsaturated/α-hetero) is 1. The van der Waals surface area contributed by atoms with Crippen LogP contribution < -0.4 is 0 Å². The molecule has 2 aliphatic carbocycles. The average Bonchev–Trinajstić information content (AvgIpc) is 2.33. The molecule has 0 N–H and O–H groups in total. The topological polar surface area (TPSA) is 17.1 Å². The van der Waals surface area contributed by atoms with Gasteiger partial charge in [0.1, 0.15) is 5.78 Å². The maximum absolute atomic E-state index is 12.0. The fraction of sp³-hybridized carbons (Fsp3) is 0.917. The summed E-state index contributed by atoms with van der Waals surface area (Å²) >= 11 is 0. The molecule has 0 bridgehead atoms. The van der Waals surface area contributed by atoms with E-state index in [1.165, 1.54) is 51.4 Å². The van der Waals surface area contributed by atoms with Crippen molar-refractivity contribution >= 4 is 5.78 Å². The van der Waals surface area contributed by atoms with Crippen LogP contribution in [0.5, 0.6) is 0 Å². The smallest absolute Gasteiger partial charge is 0.139 e. The first kappa shape index (κ1) is 9.23. The number of carbonyl (C=O) groups excluding carboxylic acids is 1. The Balaban J connectivity index is 2.10. The summed E-state index contributed by atoms with van der Waals surface area (Å²) in [6.45, 7) is 0. The summed E-state index contributed by atoms with van der Waals surface area (Å²) in [6, 6.07) is 0. The number of carbonyl (C=O) groups is 1. The quantitative estimate of drug-likeness (QED) is 0.558. The lowest BCUT2D eigenvalue weighted by atomic mass is 9.68. The normalized spacial score (nSPS) is 28.8. The lowest BCUT2D eigenvalue weighted by Crippen LogP contribution is -2.32. The molecular formula is C12H20O. The third-order valence-electron chi connectivity index (χ3n) is 3.96. The lowest BCUT2D eigenvalue weighted by Gasteiger charge is -2.34. The fourth-order valence-corrected chi connectivity index (χ4v) is 3.09. The van der Waals surface area contributed by atoms with Crippen molar-refractivity contribution in [2.24, 2.45) is 5.41 Å². The van der Waals surface area contributed by atoms with E-state index in [0.717, 1.165) is 12.8 Å². The van der Waals surface area contributed by atoms with Crippen LogP contribution in [0.1, 0.15) is 64.2 Å². The van der Waals surface area contributed by atoms with E-state index in [9.17, 15) is 4.79 Å². The predicted molar refractivity (Wildman–Crippen MR) is 53.6 cm³/mol. The van der Waals surface area contributed by atoms with Gasteiger partial charge in [-0.25, -0.2) is 0 Å². The molecule has 1 nitrogen and oxygen atoms in total. The molecule has 2 rings (SSSR count). The Hall–Kier alpha value is -0.330. The van der Waals surface area contributed by atoms with Crippen LogP contribution in [-0.4, -0.2) is 5.78 Å². The largest absolute Gasteiger partial charge is 0.299 e. The van der Waals surface area contributed by atoms with E-state index in [4.69, 9.17) is 0 Å². The van der Waals surface area contributed by atoms with E-state index in [1.54, 1.807) is 0 Å². The Bertz CT molecular complexity index is 189. The van der Waals surface area contributed by atoms with E-state index >= 15 is 0 Å². The van der Waals surface area contributed by atoms with Gasteiger partial charge in [-0.05, 0) is 25.7 Å². The third-order valence-corrected chi connectivity index (χ3v) is 3.96. The zero-order valence-corrected chi connectivity index (χ0v) is 8.48. The molecule has 13 heavy (non-hydrogen) atoms. The van der Waals surface area contributed by atoms with E-state index in [-0.39, 0.29) is 5.41 Å². The van der Waals surface area contributed by atoms with Gasteiger partial charge in [0, 0.05) is 11.8 Å². The van der Waals surface area contributed by atoms with Gasteiger partial charge in [0.05, 0.1) is 0 Å². The molecule has 0 amide bonds. The first-order valence-electron chi connectivity index (χ1n) is 5.87. The summed E-state index contributed by atoms with van der Waals surface area (Å²) in [5.74, 6) is 0.602. The molecule has 1 spiro atoms. The van der Waals surface area contributed by atoms with E-state index < -0.39 is 0 Å². The Morgan fingerprint density at radius 1 is 0.769 bits per heavy atom. The highest BCUT2D eigenvalue weighted by Gasteiger charge is 2.38. The fourth-order valence-electron chi connectivity index (χ4n) is 3.09. The molecule has 0 aromatic carbocycles. The summed E-state index contributed by atoms with van der Waals surface area (Å²) in [4.78, 5) is 12.0. The zero-order valence-electron chi connectivity index (χ0n) is 8.48. The molecule has 0 aromatic heterocycles. The van der Waals surface area contributed by atoms with Gasteiger partial charge in [-0.2, -0.15) is 0 Å². The van der Waals surface area contributed by atoms with Crippen molar-refractivity contribution in [1.82, 2.24) is 0 Å². The van der Waals surface area contributed by atoms with Crippen molar-refractivity contribution in [1.29, 1.82) is 0 Å². The highest BCUT2D eigenvalue weighted by molar-refractivity contribution is 5.85. The van der Waals surface area contributed by atoms with Crippen LogP contribution >= 0.6 is 0 Å². The molecule has 0 heterocycles. The number of hydrogen-bond acceptors (Lipinski definition) is 1. The Morgan fingerprint density at radius 2 is 1.31 bits per heavy atom. The lowest BCUT2D eigenvalue weighted by molar-refractivity contribution is -0.130. The van der Waals surface area contributed by atoms with Gasteiger partial charge in [0.2, 0.25) is 0 Å². The minimum absolute atomic E-state index is 0.161. The molecule has 2 aliphatic rings. The van der Waals surface area contributed by atoms with Crippen LogP contribution in [0.15, 0.2) is 0 Å². The van der Waals surface area contributed by atoms with Gasteiger partial charge < -0.3 is 0 Å². The minimum atomic E-state index is 0.161. The molecule has 74 valence electrons. The summed E-state index contributed by atoms with van der Waals surface area (Å²) in [5.41, 5.74) is 0.161. The molecule has 0 radical (unpaired) electrons. The van der Waals surface area contributed by atoms with Gasteiger partial charge in [-0.3, -0.25) is 4.79 Å². The molecule has 0 saturated heterocycles. The van der Waals surface area contributed by atoms with Crippen molar-refractivity contribution in [3.8, 4) is 0 Å². The third kappa shape index (κ3) is 1.79. The van der Waals surface area contributed by atoms with Crippen LogP contribution in [0.25, 0.3) is 0 Å². The van der Waals surface area contributed by atoms with E-state index in [2.05, 4.69) is 0 Å². The minimum Gasteiger partial charge on any atom is -0.299 e. The van der Waals surface area contributed by atoms with Crippen molar-refractivity contribution in [3.63, 3.8) is 0 Å². The zero-order chi connectivity index (χ0) is 9.15. The van der Waals surface area contributed by atoms with Gasteiger partial charge in [-0.15, -0.1) is 0 Å². The number of ketones is 1. The van der Waals surface area contributed by atoms with E-state index in [0.29, 0.717) is 5.78 Å². The summed E-state index contributed by atoms with van der Waals surface area (Å²) < 4.78 is 0. The maximum atomic E-state index is 12.0.